The molecule has 0 aliphatic rings. The van der Waals surface area contributed by atoms with Crippen LogP contribution in [-0.2, 0) is 0 Å². The number of nitrogens with zero attached hydrogens (tertiary/aromatic N) is 3. The SMILES string of the molecule is Cc1cc(-c2ncc3ccccc3n2)ccc1-n1ccc2ccccc21. The van der Waals surface area contributed by atoms with Gasteiger partial charge in [0.05, 0.1) is 11.0 Å². The molecule has 2 heterocycles. The molecule has 0 bridgehead atoms. The van der Waals surface area contributed by atoms with E-state index >= 15 is 0 Å². The highest BCUT2D eigenvalue weighted by Gasteiger charge is 2.09. The number of hydrogen-bond acceptors (Lipinski definition) is 2. The van der Waals surface area contributed by atoms with Crippen molar-refractivity contribution in [3.63, 3.8) is 0 Å². The predicted octanol–water partition coefficient (Wildman–Crippen LogP) is 5.55. The summed E-state index contributed by atoms with van der Waals surface area (Å²) in [6.07, 6.45) is 4.01. The van der Waals surface area contributed by atoms with E-state index in [1.54, 1.807) is 0 Å². The van der Waals surface area contributed by atoms with Crippen LogP contribution in [0.25, 0.3) is 38.9 Å². The summed E-state index contributed by atoms with van der Waals surface area (Å²) >= 11 is 0. The maximum absolute atomic E-state index is 4.71. The Morgan fingerprint density at radius 3 is 2.50 bits per heavy atom. The second-order valence-electron chi connectivity index (χ2n) is 6.50. The van der Waals surface area contributed by atoms with E-state index in [0.29, 0.717) is 0 Å². The molecule has 26 heavy (non-hydrogen) atoms. The fraction of sp³-hybridized carbons (Fsp3) is 0.0435. The Morgan fingerprint density at radius 1 is 0.808 bits per heavy atom. The molecule has 0 spiro atoms. The van der Waals surface area contributed by atoms with Crippen LogP contribution in [0, 0.1) is 6.92 Å². The van der Waals surface area contributed by atoms with Crippen LogP contribution in [0.4, 0.5) is 0 Å². The lowest BCUT2D eigenvalue weighted by atomic mass is 10.1. The fourth-order valence-electron chi connectivity index (χ4n) is 3.47. The molecule has 0 saturated heterocycles. The van der Waals surface area contributed by atoms with Gasteiger partial charge in [0.1, 0.15) is 0 Å². The van der Waals surface area contributed by atoms with E-state index in [2.05, 4.69) is 71.2 Å². The second kappa shape index (κ2) is 5.81. The van der Waals surface area contributed by atoms with Crippen molar-refractivity contribution < 1.29 is 0 Å². The molecule has 0 aliphatic carbocycles. The van der Waals surface area contributed by atoms with Crippen molar-refractivity contribution in [2.24, 2.45) is 0 Å². The molecule has 3 nitrogen and oxygen atoms in total. The Labute approximate surface area is 151 Å². The minimum absolute atomic E-state index is 0.760. The molecular formula is C23H17N3. The zero-order valence-corrected chi connectivity index (χ0v) is 14.4. The average molecular weight is 335 g/mol. The van der Waals surface area contributed by atoms with Gasteiger partial charge in [-0.15, -0.1) is 0 Å². The predicted molar refractivity (Wildman–Crippen MR) is 107 cm³/mol. The number of benzene rings is 3. The number of fused-ring (bicyclic) bond motifs is 2. The zero-order valence-electron chi connectivity index (χ0n) is 14.4. The van der Waals surface area contributed by atoms with Crippen molar-refractivity contribution in [1.29, 1.82) is 0 Å². The van der Waals surface area contributed by atoms with E-state index in [4.69, 9.17) is 4.98 Å². The minimum atomic E-state index is 0.760. The molecule has 5 aromatic rings. The Balaban J connectivity index is 1.61. The van der Waals surface area contributed by atoms with E-state index < -0.39 is 0 Å². The molecule has 0 atom stereocenters. The van der Waals surface area contributed by atoms with Crippen molar-refractivity contribution in [3.8, 4) is 17.1 Å². The number of aromatic nitrogens is 3. The zero-order chi connectivity index (χ0) is 17.5. The van der Waals surface area contributed by atoms with Crippen LogP contribution in [0.1, 0.15) is 5.56 Å². The van der Waals surface area contributed by atoms with Gasteiger partial charge >= 0.3 is 0 Å². The van der Waals surface area contributed by atoms with E-state index in [1.807, 2.05) is 30.5 Å². The van der Waals surface area contributed by atoms with Crippen LogP contribution in [0.3, 0.4) is 0 Å². The molecule has 0 aliphatic heterocycles. The molecule has 0 unspecified atom stereocenters. The molecule has 5 rings (SSSR count). The van der Waals surface area contributed by atoms with Crippen LogP contribution < -0.4 is 0 Å². The highest BCUT2D eigenvalue weighted by molar-refractivity contribution is 5.83. The molecule has 124 valence electrons. The summed E-state index contributed by atoms with van der Waals surface area (Å²) in [5.41, 5.74) is 5.59. The van der Waals surface area contributed by atoms with Crippen LogP contribution in [0.5, 0.6) is 0 Å². The summed E-state index contributed by atoms with van der Waals surface area (Å²) in [7, 11) is 0. The topological polar surface area (TPSA) is 30.7 Å². The van der Waals surface area contributed by atoms with Gasteiger partial charge in [0, 0.05) is 29.0 Å². The summed E-state index contributed by atoms with van der Waals surface area (Å²) in [4.78, 5) is 9.25. The fourth-order valence-corrected chi connectivity index (χ4v) is 3.47. The third-order valence-corrected chi connectivity index (χ3v) is 4.80. The second-order valence-corrected chi connectivity index (χ2v) is 6.50. The van der Waals surface area contributed by atoms with Crippen molar-refractivity contribution in [3.05, 3.63) is 90.8 Å². The van der Waals surface area contributed by atoms with Crippen LogP contribution in [0.15, 0.2) is 85.2 Å². The van der Waals surface area contributed by atoms with Gasteiger partial charge in [0.2, 0.25) is 0 Å². The van der Waals surface area contributed by atoms with Gasteiger partial charge in [-0.25, -0.2) is 9.97 Å². The largest absolute Gasteiger partial charge is 0.316 e. The maximum atomic E-state index is 4.71. The molecule has 0 fully saturated rings. The van der Waals surface area contributed by atoms with Crippen LogP contribution in [0.2, 0.25) is 0 Å². The van der Waals surface area contributed by atoms with Gasteiger partial charge in [-0.2, -0.15) is 0 Å². The molecule has 0 amide bonds. The monoisotopic (exact) mass is 335 g/mol. The number of rotatable bonds is 2. The van der Waals surface area contributed by atoms with Crippen molar-refractivity contribution in [2.45, 2.75) is 6.92 Å². The van der Waals surface area contributed by atoms with Crippen LogP contribution >= 0.6 is 0 Å². The molecule has 0 saturated carbocycles. The minimum Gasteiger partial charge on any atom is -0.316 e. The quantitative estimate of drug-likeness (QED) is 0.423. The average Bonchev–Trinajstić information content (AvgIpc) is 3.11. The summed E-state index contributed by atoms with van der Waals surface area (Å²) < 4.78 is 2.23. The Morgan fingerprint density at radius 2 is 1.62 bits per heavy atom. The Bertz CT molecular complexity index is 1250. The van der Waals surface area contributed by atoms with Gasteiger partial charge < -0.3 is 4.57 Å². The van der Waals surface area contributed by atoms with E-state index in [-0.39, 0.29) is 0 Å². The molecular weight excluding hydrogens is 318 g/mol. The lowest BCUT2D eigenvalue weighted by molar-refractivity contribution is 1.10. The van der Waals surface area contributed by atoms with E-state index in [9.17, 15) is 0 Å². The maximum Gasteiger partial charge on any atom is 0.159 e. The summed E-state index contributed by atoms with van der Waals surface area (Å²) in [6.45, 7) is 2.13. The van der Waals surface area contributed by atoms with Crippen molar-refractivity contribution >= 4 is 21.8 Å². The molecule has 3 aromatic carbocycles. The highest BCUT2D eigenvalue weighted by Crippen LogP contribution is 2.26. The lowest BCUT2D eigenvalue weighted by Gasteiger charge is -2.11. The molecule has 0 N–H and O–H groups in total. The number of para-hydroxylation sites is 2. The lowest BCUT2D eigenvalue weighted by Crippen LogP contribution is -1.97. The van der Waals surface area contributed by atoms with Gasteiger partial charge in [-0.1, -0.05) is 36.4 Å². The van der Waals surface area contributed by atoms with E-state index in [0.717, 1.165) is 22.3 Å². The Kier molecular flexibility index (Phi) is 3.32. The first-order valence-corrected chi connectivity index (χ1v) is 8.69. The smallest absolute Gasteiger partial charge is 0.159 e. The summed E-state index contributed by atoms with van der Waals surface area (Å²) in [5, 5.41) is 2.30. The van der Waals surface area contributed by atoms with Gasteiger partial charge in [0.25, 0.3) is 0 Å². The third-order valence-electron chi connectivity index (χ3n) is 4.80. The van der Waals surface area contributed by atoms with Gasteiger partial charge in [0.15, 0.2) is 5.82 Å². The third kappa shape index (κ3) is 2.37. The Hall–Kier alpha value is -3.46. The van der Waals surface area contributed by atoms with Crippen molar-refractivity contribution in [1.82, 2.24) is 14.5 Å². The standard InChI is InChI=1S/C23H17N3/c1-16-14-18(23-24-15-19-7-2-4-8-20(19)25-23)10-11-21(16)26-13-12-17-6-3-5-9-22(17)26/h2-15H,1H3. The van der Waals surface area contributed by atoms with Gasteiger partial charge in [-0.3, -0.25) is 0 Å². The van der Waals surface area contributed by atoms with Crippen LogP contribution in [-0.4, -0.2) is 14.5 Å². The molecule has 0 radical (unpaired) electrons. The van der Waals surface area contributed by atoms with Crippen molar-refractivity contribution in [2.75, 3.05) is 0 Å². The first-order chi connectivity index (χ1) is 12.8. The molecule has 2 aromatic heterocycles. The highest BCUT2D eigenvalue weighted by atomic mass is 15.0. The van der Waals surface area contributed by atoms with Gasteiger partial charge in [-0.05, 0) is 54.3 Å². The summed E-state index contributed by atoms with van der Waals surface area (Å²) in [5.74, 6) is 0.760. The molecule has 3 heteroatoms. The van der Waals surface area contributed by atoms with E-state index in [1.165, 1.54) is 22.2 Å². The normalized spacial score (nSPS) is 11.3. The first kappa shape index (κ1) is 14.8. The summed E-state index contributed by atoms with van der Waals surface area (Å²) in [6, 6.07) is 25.0. The number of hydrogen-bond donors (Lipinski definition) is 0. The first-order valence-electron chi connectivity index (χ1n) is 8.69. The number of aryl methyl sites for hydroxylation is 1.